The molecule has 2 aromatic rings. The normalized spacial score (nSPS) is 10.9. The van der Waals surface area contributed by atoms with Crippen molar-refractivity contribution in [2.45, 2.75) is 20.4 Å². The predicted octanol–water partition coefficient (Wildman–Crippen LogP) is 2.92. The predicted molar refractivity (Wildman–Crippen MR) is 71.2 cm³/mol. The van der Waals surface area contributed by atoms with Crippen LogP contribution in [0, 0.1) is 19.7 Å². The maximum atomic E-state index is 13.9. The number of rotatable bonds is 3. The molecule has 18 heavy (non-hydrogen) atoms. The molecular weight excluding hydrogens is 253 g/mol. The molecule has 5 heteroatoms. The highest BCUT2D eigenvalue weighted by molar-refractivity contribution is 6.33. The van der Waals surface area contributed by atoms with Gasteiger partial charge in [-0.2, -0.15) is 5.10 Å². The fourth-order valence-corrected chi connectivity index (χ4v) is 2.39. The van der Waals surface area contributed by atoms with E-state index in [1.165, 1.54) is 6.07 Å². The van der Waals surface area contributed by atoms with Crippen LogP contribution in [-0.4, -0.2) is 16.3 Å². The summed E-state index contributed by atoms with van der Waals surface area (Å²) >= 11 is 6.09. The Hall–Kier alpha value is -1.39. The number of hydrogen-bond acceptors (Lipinski definition) is 2. The second kappa shape index (κ2) is 5.08. The molecule has 3 nitrogen and oxygen atoms in total. The largest absolute Gasteiger partial charge is 0.329 e. The van der Waals surface area contributed by atoms with Crippen LogP contribution >= 0.6 is 11.6 Å². The number of halogens is 2. The van der Waals surface area contributed by atoms with Gasteiger partial charge in [-0.25, -0.2) is 4.39 Å². The van der Waals surface area contributed by atoms with Crippen LogP contribution in [0.3, 0.4) is 0 Å². The Bertz CT molecular complexity index is 558. The third-order valence-corrected chi connectivity index (χ3v) is 3.25. The summed E-state index contributed by atoms with van der Waals surface area (Å²) in [7, 11) is 0. The van der Waals surface area contributed by atoms with Crippen LogP contribution in [0.4, 0.5) is 4.39 Å². The van der Waals surface area contributed by atoms with Gasteiger partial charge >= 0.3 is 0 Å². The molecule has 0 aliphatic carbocycles. The van der Waals surface area contributed by atoms with E-state index in [2.05, 4.69) is 5.10 Å². The lowest BCUT2D eigenvalue weighted by Gasteiger charge is -2.07. The minimum Gasteiger partial charge on any atom is -0.329 e. The van der Waals surface area contributed by atoms with Gasteiger partial charge in [0.1, 0.15) is 5.82 Å². The summed E-state index contributed by atoms with van der Waals surface area (Å²) in [6.45, 7) is 4.84. The van der Waals surface area contributed by atoms with Crippen LogP contribution in [-0.2, 0) is 6.54 Å². The van der Waals surface area contributed by atoms with Crippen LogP contribution in [0.1, 0.15) is 11.4 Å². The average Bonchev–Trinajstić information content (AvgIpc) is 2.57. The molecule has 2 N–H and O–H groups in total. The summed E-state index contributed by atoms with van der Waals surface area (Å²) in [5.41, 5.74) is 8.33. The van der Waals surface area contributed by atoms with Crippen molar-refractivity contribution >= 4 is 11.6 Å². The number of aromatic nitrogens is 2. The molecule has 1 heterocycles. The summed E-state index contributed by atoms with van der Waals surface area (Å²) in [6, 6.07) is 4.68. The zero-order valence-corrected chi connectivity index (χ0v) is 11.1. The fourth-order valence-electron chi connectivity index (χ4n) is 2.14. The van der Waals surface area contributed by atoms with Crippen LogP contribution in [0.5, 0.6) is 0 Å². The van der Waals surface area contributed by atoms with Gasteiger partial charge in [0.2, 0.25) is 0 Å². The van der Waals surface area contributed by atoms with Crippen LogP contribution in [0.2, 0.25) is 5.02 Å². The minimum atomic E-state index is -0.332. The first-order chi connectivity index (χ1) is 8.56. The molecule has 0 bridgehead atoms. The molecule has 0 amide bonds. The maximum Gasteiger partial charge on any atom is 0.132 e. The summed E-state index contributed by atoms with van der Waals surface area (Å²) in [4.78, 5) is 0. The third-order valence-electron chi connectivity index (χ3n) is 2.94. The van der Waals surface area contributed by atoms with Crippen molar-refractivity contribution in [2.75, 3.05) is 6.54 Å². The maximum absolute atomic E-state index is 13.9. The number of hydrogen-bond donors (Lipinski definition) is 1. The van der Waals surface area contributed by atoms with Crippen molar-refractivity contribution in [2.24, 2.45) is 5.73 Å². The van der Waals surface area contributed by atoms with Crippen molar-refractivity contribution in [3.05, 3.63) is 40.4 Å². The zero-order chi connectivity index (χ0) is 13.3. The highest BCUT2D eigenvalue weighted by atomic mass is 35.5. The molecule has 0 aliphatic heterocycles. The van der Waals surface area contributed by atoms with E-state index in [1.807, 2.05) is 13.8 Å². The topological polar surface area (TPSA) is 43.8 Å². The van der Waals surface area contributed by atoms with Gasteiger partial charge in [-0.1, -0.05) is 17.7 Å². The first kappa shape index (κ1) is 13.1. The Balaban J connectivity index is 2.64. The van der Waals surface area contributed by atoms with Crippen LogP contribution in [0.25, 0.3) is 11.1 Å². The molecular formula is C13H15ClFN3. The van der Waals surface area contributed by atoms with Crippen molar-refractivity contribution in [1.82, 2.24) is 9.78 Å². The molecule has 0 fully saturated rings. The number of nitrogens with zero attached hydrogens (tertiary/aromatic N) is 2. The molecule has 0 saturated heterocycles. The highest BCUT2D eigenvalue weighted by Crippen LogP contribution is 2.34. The number of aryl methyl sites for hydroxylation is 1. The quantitative estimate of drug-likeness (QED) is 0.929. The van der Waals surface area contributed by atoms with E-state index in [-0.39, 0.29) is 5.82 Å². The summed E-state index contributed by atoms with van der Waals surface area (Å²) in [6.07, 6.45) is 0. The molecule has 1 aromatic heterocycles. The smallest absolute Gasteiger partial charge is 0.132 e. The third kappa shape index (κ3) is 2.13. The summed E-state index contributed by atoms with van der Waals surface area (Å²) in [5.74, 6) is -0.332. The van der Waals surface area contributed by atoms with Crippen molar-refractivity contribution in [3.8, 4) is 11.1 Å². The van der Waals surface area contributed by atoms with Gasteiger partial charge in [0.15, 0.2) is 0 Å². The lowest BCUT2D eigenvalue weighted by molar-refractivity contribution is 0.603. The van der Waals surface area contributed by atoms with E-state index in [9.17, 15) is 4.39 Å². The lowest BCUT2D eigenvalue weighted by Crippen LogP contribution is -2.12. The summed E-state index contributed by atoms with van der Waals surface area (Å²) < 4.78 is 15.7. The van der Waals surface area contributed by atoms with Crippen molar-refractivity contribution < 1.29 is 4.39 Å². The van der Waals surface area contributed by atoms with E-state index < -0.39 is 0 Å². The van der Waals surface area contributed by atoms with Gasteiger partial charge in [-0.3, -0.25) is 4.68 Å². The first-order valence-electron chi connectivity index (χ1n) is 5.74. The zero-order valence-electron chi connectivity index (χ0n) is 10.4. The van der Waals surface area contributed by atoms with Gasteiger partial charge < -0.3 is 5.73 Å². The molecule has 0 unspecified atom stereocenters. The average molecular weight is 268 g/mol. The van der Waals surface area contributed by atoms with Gasteiger partial charge in [-0.15, -0.1) is 0 Å². The Morgan fingerprint density at radius 1 is 1.33 bits per heavy atom. The highest BCUT2D eigenvalue weighted by Gasteiger charge is 2.18. The Kier molecular flexibility index (Phi) is 3.68. The Morgan fingerprint density at radius 3 is 2.67 bits per heavy atom. The molecule has 2 rings (SSSR count). The molecule has 96 valence electrons. The molecule has 0 spiro atoms. The van der Waals surface area contributed by atoms with Gasteiger partial charge in [0, 0.05) is 23.4 Å². The van der Waals surface area contributed by atoms with E-state index in [0.717, 1.165) is 17.0 Å². The van der Waals surface area contributed by atoms with E-state index >= 15 is 0 Å². The fraction of sp³-hybridized carbons (Fsp3) is 0.308. The Labute approximate surface area is 110 Å². The van der Waals surface area contributed by atoms with E-state index in [1.54, 1.807) is 16.8 Å². The standard InChI is InChI=1S/C13H15ClFN3/c1-8-12(9(2)18(17-8)7-6-16)13-10(14)4-3-5-11(13)15/h3-5H,6-7,16H2,1-2H3. The second-order valence-corrected chi connectivity index (χ2v) is 4.56. The van der Waals surface area contributed by atoms with Crippen LogP contribution in [0.15, 0.2) is 18.2 Å². The van der Waals surface area contributed by atoms with E-state index in [4.69, 9.17) is 17.3 Å². The van der Waals surface area contributed by atoms with Crippen molar-refractivity contribution in [3.63, 3.8) is 0 Å². The minimum absolute atomic E-state index is 0.332. The SMILES string of the molecule is Cc1nn(CCN)c(C)c1-c1c(F)cccc1Cl. The van der Waals surface area contributed by atoms with Gasteiger partial charge in [0.25, 0.3) is 0 Å². The van der Waals surface area contributed by atoms with Gasteiger partial charge in [0.05, 0.1) is 17.3 Å². The number of nitrogens with two attached hydrogens (primary N) is 1. The number of benzene rings is 1. The molecule has 0 radical (unpaired) electrons. The molecule has 1 aromatic carbocycles. The van der Waals surface area contributed by atoms with Gasteiger partial charge in [-0.05, 0) is 26.0 Å². The lowest BCUT2D eigenvalue weighted by atomic mass is 10.0. The first-order valence-corrected chi connectivity index (χ1v) is 6.12. The van der Waals surface area contributed by atoms with Crippen LogP contribution < -0.4 is 5.73 Å². The molecule has 0 aliphatic rings. The Morgan fingerprint density at radius 2 is 2.06 bits per heavy atom. The molecule has 0 saturated carbocycles. The second-order valence-electron chi connectivity index (χ2n) is 4.15. The van der Waals surface area contributed by atoms with Crippen molar-refractivity contribution in [1.29, 1.82) is 0 Å². The molecule has 0 atom stereocenters. The summed E-state index contributed by atoms with van der Waals surface area (Å²) in [5, 5.41) is 4.77. The monoisotopic (exact) mass is 267 g/mol. The van der Waals surface area contributed by atoms with E-state index in [0.29, 0.717) is 23.7 Å².